The van der Waals surface area contributed by atoms with Crippen molar-refractivity contribution in [1.82, 2.24) is 19.9 Å². The first kappa shape index (κ1) is 19.3. The van der Waals surface area contributed by atoms with Gasteiger partial charge in [-0.05, 0) is 35.9 Å². The Morgan fingerprint density at radius 3 is 2.43 bits per heavy atom. The van der Waals surface area contributed by atoms with E-state index in [9.17, 15) is 13.2 Å². The Kier molecular flexibility index (Phi) is 5.00. The maximum Gasteiger partial charge on any atom is 0.573 e. The Balaban J connectivity index is 1.34. The lowest BCUT2D eigenvalue weighted by Crippen LogP contribution is -2.17. The Morgan fingerprint density at radius 2 is 1.73 bits per heavy atom. The number of halogens is 3. The van der Waals surface area contributed by atoms with Gasteiger partial charge >= 0.3 is 12.4 Å². The van der Waals surface area contributed by atoms with Crippen LogP contribution in [0.2, 0.25) is 0 Å². The van der Waals surface area contributed by atoms with Crippen molar-refractivity contribution in [1.29, 1.82) is 0 Å². The van der Waals surface area contributed by atoms with Gasteiger partial charge in [-0.15, -0.1) is 13.2 Å². The van der Waals surface area contributed by atoms with Crippen LogP contribution in [-0.4, -0.2) is 26.3 Å². The molecule has 2 aromatic carbocycles. The molecular formula is C19H15F3N6O2. The van der Waals surface area contributed by atoms with Gasteiger partial charge in [0.2, 0.25) is 5.95 Å². The van der Waals surface area contributed by atoms with E-state index in [1.165, 1.54) is 0 Å². The first-order chi connectivity index (χ1) is 14.3. The molecule has 2 heterocycles. The number of rotatable bonds is 6. The van der Waals surface area contributed by atoms with E-state index in [1.807, 2.05) is 24.3 Å². The Labute approximate surface area is 167 Å². The average Bonchev–Trinajstić information content (AvgIpc) is 3.10. The Bertz CT molecular complexity index is 1140. The molecule has 4 aromatic rings. The molecule has 0 unspecified atom stereocenters. The highest BCUT2D eigenvalue weighted by atomic mass is 19.4. The second-order valence-electron chi connectivity index (χ2n) is 6.21. The standard InChI is InChI=1S/C19H15F3N6O2/c20-19(21,22)30-14-9-25-18(26-10-14)29-13-4-1-11(2-5-13)8-24-17-27-15-6-3-12(23)7-16(15)28-17/h1-7,9-10H,8,23H2,(H2,24,27,28). The predicted octanol–water partition coefficient (Wildman–Crippen LogP) is 4.24. The molecule has 11 heteroatoms. The zero-order valence-corrected chi connectivity index (χ0v) is 15.3. The summed E-state index contributed by atoms with van der Waals surface area (Å²) < 4.78 is 45.6. The molecule has 154 valence electrons. The fourth-order valence-electron chi connectivity index (χ4n) is 2.62. The lowest BCUT2D eigenvalue weighted by molar-refractivity contribution is -0.274. The van der Waals surface area contributed by atoms with Crippen LogP contribution >= 0.6 is 0 Å². The topological polar surface area (TPSA) is 111 Å². The summed E-state index contributed by atoms with van der Waals surface area (Å²) in [4.78, 5) is 15.0. The number of aromatic nitrogens is 4. The number of alkyl halides is 3. The molecule has 4 N–H and O–H groups in total. The fourth-order valence-corrected chi connectivity index (χ4v) is 2.62. The number of nitrogen functional groups attached to an aromatic ring is 1. The van der Waals surface area contributed by atoms with E-state index in [0.717, 1.165) is 29.0 Å². The predicted molar refractivity (Wildman–Crippen MR) is 103 cm³/mol. The van der Waals surface area contributed by atoms with Gasteiger partial charge in [0.15, 0.2) is 5.75 Å². The summed E-state index contributed by atoms with van der Waals surface area (Å²) in [6.45, 7) is 0.509. The number of fused-ring (bicyclic) bond motifs is 1. The van der Waals surface area contributed by atoms with Gasteiger partial charge in [-0.3, -0.25) is 0 Å². The number of nitrogens with two attached hydrogens (primary N) is 1. The summed E-state index contributed by atoms with van der Waals surface area (Å²) in [5.74, 6) is 0.525. The third-order valence-corrected chi connectivity index (χ3v) is 3.94. The molecule has 0 aliphatic carbocycles. The van der Waals surface area contributed by atoms with Gasteiger partial charge in [0.25, 0.3) is 0 Å². The number of hydrogen-bond donors (Lipinski definition) is 3. The van der Waals surface area contributed by atoms with Crippen molar-refractivity contribution in [3.8, 4) is 17.5 Å². The molecule has 30 heavy (non-hydrogen) atoms. The highest BCUT2D eigenvalue weighted by Gasteiger charge is 2.31. The number of nitrogens with one attached hydrogen (secondary N) is 2. The average molecular weight is 416 g/mol. The molecule has 0 saturated carbocycles. The van der Waals surface area contributed by atoms with Crippen LogP contribution < -0.4 is 20.5 Å². The van der Waals surface area contributed by atoms with Gasteiger partial charge in [-0.2, -0.15) is 9.97 Å². The quantitative estimate of drug-likeness (QED) is 0.403. The summed E-state index contributed by atoms with van der Waals surface area (Å²) in [6.07, 6.45) is -3.03. The van der Waals surface area contributed by atoms with Crippen molar-refractivity contribution in [2.45, 2.75) is 12.9 Å². The minimum atomic E-state index is -4.80. The number of nitrogens with zero attached hydrogens (tertiary/aromatic N) is 3. The normalized spacial score (nSPS) is 11.4. The second-order valence-corrected chi connectivity index (χ2v) is 6.21. The lowest BCUT2D eigenvalue weighted by Gasteiger charge is -2.09. The maximum absolute atomic E-state index is 12.1. The number of ether oxygens (including phenoxy) is 2. The zero-order valence-electron chi connectivity index (χ0n) is 15.3. The van der Waals surface area contributed by atoms with E-state index >= 15 is 0 Å². The Hall–Kier alpha value is -4.02. The molecule has 0 spiro atoms. The molecule has 0 amide bonds. The van der Waals surface area contributed by atoms with E-state index < -0.39 is 12.1 Å². The third kappa shape index (κ3) is 4.87. The van der Waals surface area contributed by atoms with Crippen LogP contribution in [0.15, 0.2) is 54.9 Å². The summed E-state index contributed by atoms with van der Waals surface area (Å²) >= 11 is 0. The van der Waals surface area contributed by atoms with Crippen LogP contribution in [-0.2, 0) is 6.54 Å². The number of benzene rings is 2. The van der Waals surface area contributed by atoms with Gasteiger partial charge in [0.1, 0.15) is 5.75 Å². The highest BCUT2D eigenvalue weighted by molar-refractivity contribution is 5.80. The molecule has 0 saturated heterocycles. The van der Waals surface area contributed by atoms with Crippen LogP contribution in [0.1, 0.15) is 5.56 Å². The van der Waals surface area contributed by atoms with Crippen molar-refractivity contribution >= 4 is 22.7 Å². The van der Waals surface area contributed by atoms with E-state index in [0.29, 0.717) is 23.9 Å². The molecule has 2 aromatic heterocycles. The third-order valence-electron chi connectivity index (χ3n) is 3.94. The van der Waals surface area contributed by atoms with E-state index in [2.05, 4.69) is 30.0 Å². The number of imidazole rings is 1. The molecule has 0 aliphatic heterocycles. The minimum absolute atomic E-state index is 0.100. The highest BCUT2D eigenvalue weighted by Crippen LogP contribution is 2.24. The van der Waals surface area contributed by atoms with E-state index in [4.69, 9.17) is 10.5 Å². The van der Waals surface area contributed by atoms with Gasteiger partial charge in [0, 0.05) is 12.2 Å². The fraction of sp³-hybridized carbons (Fsp3) is 0.105. The van der Waals surface area contributed by atoms with Crippen molar-refractivity contribution in [3.05, 3.63) is 60.4 Å². The van der Waals surface area contributed by atoms with E-state index in [-0.39, 0.29) is 6.01 Å². The van der Waals surface area contributed by atoms with Crippen LogP contribution in [0, 0.1) is 0 Å². The monoisotopic (exact) mass is 416 g/mol. The second kappa shape index (κ2) is 7.78. The Morgan fingerprint density at radius 1 is 1.00 bits per heavy atom. The first-order valence-corrected chi connectivity index (χ1v) is 8.68. The number of hydrogen-bond acceptors (Lipinski definition) is 7. The number of anilines is 2. The molecule has 0 radical (unpaired) electrons. The maximum atomic E-state index is 12.1. The van der Waals surface area contributed by atoms with Gasteiger partial charge < -0.3 is 25.5 Å². The first-order valence-electron chi connectivity index (χ1n) is 8.68. The van der Waals surface area contributed by atoms with Gasteiger partial charge in [-0.25, -0.2) is 4.98 Å². The summed E-state index contributed by atoms with van der Waals surface area (Å²) in [5, 5.41) is 3.19. The van der Waals surface area contributed by atoms with Gasteiger partial charge in [-0.1, -0.05) is 12.1 Å². The van der Waals surface area contributed by atoms with Gasteiger partial charge in [0.05, 0.1) is 23.4 Å². The molecule has 0 aliphatic rings. The van der Waals surface area contributed by atoms with Crippen LogP contribution in [0.4, 0.5) is 24.8 Å². The summed E-state index contributed by atoms with van der Waals surface area (Å²) in [7, 11) is 0. The summed E-state index contributed by atoms with van der Waals surface area (Å²) in [5.41, 5.74) is 9.02. The van der Waals surface area contributed by atoms with Crippen LogP contribution in [0.25, 0.3) is 11.0 Å². The van der Waals surface area contributed by atoms with Crippen LogP contribution in [0.5, 0.6) is 17.5 Å². The van der Waals surface area contributed by atoms with E-state index in [1.54, 1.807) is 18.2 Å². The SMILES string of the molecule is Nc1ccc2nc(NCc3ccc(Oc4ncc(OC(F)(F)F)cn4)cc3)[nH]c2c1. The molecule has 4 rings (SSSR count). The lowest BCUT2D eigenvalue weighted by atomic mass is 10.2. The molecule has 0 bridgehead atoms. The smallest absolute Gasteiger partial charge is 0.424 e. The number of aromatic amines is 1. The molecule has 0 fully saturated rings. The minimum Gasteiger partial charge on any atom is -0.424 e. The molecular weight excluding hydrogens is 401 g/mol. The van der Waals surface area contributed by atoms with Crippen molar-refractivity contribution in [2.24, 2.45) is 0 Å². The zero-order chi connectivity index (χ0) is 21.1. The van der Waals surface area contributed by atoms with Crippen molar-refractivity contribution in [3.63, 3.8) is 0 Å². The van der Waals surface area contributed by atoms with Crippen molar-refractivity contribution < 1.29 is 22.6 Å². The van der Waals surface area contributed by atoms with Crippen molar-refractivity contribution in [2.75, 3.05) is 11.1 Å². The molecule has 8 nitrogen and oxygen atoms in total. The number of H-pyrrole nitrogens is 1. The summed E-state index contributed by atoms with van der Waals surface area (Å²) in [6, 6.07) is 12.4. The largest absolute Gasteiger partial charge is 0.573 e. The van der Waals surface area contributed by atoms with Crippen LogP contribution in [0.3, 0.4) is 0 Å². The molecule has 0 atom stereocenters.